The summed E-state index contributed by atoms with van der Waals surface area (Å²) in [5.41, 5.74) is 1.16. The highest BCUT2D eigenvalue weighted by Gasteiger charge is 2.46. The van der Waals surface area contributed by atoms with Crippen molar-refractivity contribution < 1.29 is 28.9 Å². The Hall–Kier alpha value is -3.52. The van der Waals surface area contributed by atoms with Crippen molar-refractivity contribution in [2.45, 2.75) is 40.2 Å². The van der Waals surface area contributed by atoms with Crippen molar-refractivity contribution in [2.24, 2.45) is 0 Å². The highest BCUT2D eigenvalue weighted by molar-refractivity contribution is 6.46. The van der Waals surface area contributed by atoms with Gasteiger partial charge in [0.1, 0.15) is 11.5 Å². The molecule has 0 spiro atoms. The lowest BCUT2D eigenvalue weighted by Crippen LogP contribution is -2.33. The van der Waals surface area contributed by atoms with Crippen molar-refractivity contribution >= 4 is 17.4 Å². The predicted molar refractivity (Wildman–Crippen MR) is 143 cm³/mol. The number of methoxy groups -OCH3 is 1. The number of ether oxygens (including phenoxy) is 3. The van der Waals surface area contributed by atoms with E-state index in [4.69, 9.17) is 14.2 Å². The summed E-state index contributed by atoms with van der Waals surface area (Å²) in [6.45, 7) is 11.9. The fourth-order valence-corrected chi connectivity index (χ4v) is 4.62. The molecule has 1 saturated heterocycles. The zero-order chi connectivity index (χ0) is 26.9. The van der Waals surface area contributed by atoms with Gasteiger partial charge in [-0.3, -0.25) is 9.59 Å². The third kappa shape index (κ3) is 6.25. The number of nitrogens with zero attached hydrogens (tertiary/aromatic N) is 2. The third-order valence-electron chi connectivity index (χ3n) is 6.55. The van der Waals surface area contributed by atoms with E-state index >= 15 is 0 Å². The fraction of sp³-hybridized carbons (Fsp3) is 0.448. The second kappa shape index (κ2) is 13.1. The quantitative estimate of drug-likeness (QED) is 0.238. The van der Waals surface area contributed by atoms with Crippen LogP contribution in [-0.4, -0.2) is 73.1 Å². The van der Waals surface area contributed by atoms with Crippen molar-refractivity contribution in [2.75, 3.05) is 46.5 Å². The van der Waals surface area contributed by atoms with Gasteiger partial charge < -0.3 is 29.1 Å². The molecule has 0 saturated carbocycles. The molecule has 37 heavy (non-hydrogen) atoms. The van der Waals surface area contributed by atoms with Crippen LogP contribution in [0.2, 0.25) is 0 Å². The second-order valence-corrected chi connectivity index (χ2v) is 8.67. The smallest absolute Gasteiger partial charge is 0.295 e. The highest BCUT2D eigenvalue weighted by Crippen LogP contribution is 2.42. The maximum atomic E-state index is 13.3. The van der Waals surface area contributed by atoms with Gasteiger partial charge in [-0.25, -0.2) is 0 Å². The molecule has 200 valence electrons. The number of hydrogen-bond donors (Lipinski definition) is 1. The standard InChI is InChI=1S/C29H38N2O6/c1-6-30(7-2)17-10-18-31-26(21-13-16-23(37-9-4)24(19-21)35-5)25(28(33)29(31)34)27(32)20-11-14-22(15-12-20)36-8-3/h11-16,19,26,32H,6-10,17-18H2,1-5H3/b27-25-. The fourth-order valence-electron chi connectivity index (χ4n) is 4.62. The molecule has 0 bridgehead atoms. The monoisotopic (exact) mass is 510 g/mol. The van der Waals surface area contributed by atoms with Crippen LogP contribution in [0.4, 0.5) is 0 Å². The predicted octanol–water partition coefficient (Wildman–Crippen LogP) is 4.65. The Balaban J connectivity index is 2.07. The Morgan fingerprint density at radius 3 is 2.22 bits per heavy atom. The van der Waals surface area contributed by atoms with E-state index in [9.17, 15) is 14.7 Å². The lowest BCUT2D eigenvalue weighted by atomic mass is 9.95. The summed E-state index contributed by atoms with van der Waals surface area (Å²) in [7, 11) is 1.54. The van der Waals surface area contributed by atoms with E-state index in [1.165, 1.54) is 0 Å². The average molecular weight is 511 g/mol. The molecule has 1 fully saturated rings. The molecule has 2 aromatic carbocycles. The molecule has 1 aliphatic heterocycles. The Morgan fingerprint density at radius 1 is 0.946 bits per heavy atom. The number of amides is 1. The van der Waals surface area contributed by atoms with Gasteiger partial charge in [0.25, 0.3) is 11.7 Å². The molecule has 2 aromatic rings. The largest absolute Gasteiger partial charge is 0.507 e. The molecular formula is C29H38N2O6. The van der Waals surface area contributed by atoms with Crippen molar-refractivity contribution in [1.82, 2.24) is 9.80 Å². The summed E-state index contributed by atoms with van der Waals surface area (Å²) in [6.07, 6.45) is 0.697. The number of carbonyl (C=O) groups excluding carboxylic acids is 2. The molecule has 8 nitrogen and oxygen atoms in total. The Morgan fingerprint density at radius 2 is 1.62 bits per heavy atom. The molecule has 0 aliphatic carbocycles. The summed E-state index contributed by atoms with van der Waals surface area (Å²) >= 11 is 0. The molecule has 1 N–H and O–H groups in total. The summed E-state index contributed by atoms with van der Waals surface area (Å²) < 4.78 is 16.7. The van der Waals surface area contributed by atoms with Crippen molar-refractivity contribution in [3.8, 4) is 17.2 Å². The van der Waals surface area contributed by atoms with Crippen LogP contribution in [0.1, 0.15) is 51.3 Å². The van der Waals surface area contributed by atoms with Crippen LogP contribution in [-0.2, 0) is 9.59 Å². The van der Waals surface area contributed by atoms with Crippen molar-refractivity contribution in [3.63, 3.8) is 0 Å². The van der Waals surface area contributed by atoms with Crippen LogP contribution in [0.5, 0.6) is 17.2 Å². The maximum absolute atomic E-state index is 13.3. The van der Waals surface area contributed by atoms with Crippen LogP contribution >= 0.6 is 0 Å². The first kappa shape index (κ1) is 28.1. The van der Waals surface area contributed by atoms with Gasteiger partial charge in [0.2, 0.25) is 0 Å². The molecule has 1 aliphatic rings. The molecule has 1 atom stereocenters. The molecule has 0 radical (unpaired) electrons. The van der Waals surface area contributed by atoms with E-state index in [-0.39, 0.29) is 11.3 Å². The molecule has 8 heteroatoms. The normalized spacial score (nSPS) is 16.9. The minimum atomic E-state index is -0.757. The number of aliphatic hydroxyl groups is 1. The minimum Gasteiger partial charge on any atom is -0.507 e. The number of carbonyl (C=O) groups is 2. The Bertz CT molecular complexity index is 1110. The zero-order valence-electron chi connectivity index (χ0n) is 22.5. The average Bonchev–Trinajstić information content (AvgIpc) is 3.16. The number of hydrogen-bond acceptors (Lipinski definition) is 7. The third-order valence-corrected chi connectivity index (χ3v) is 6.55. The van der Waals surface area contributed by atoms with E-state index in [1.54, 1.807) is 48.4 Å². The number of benzene rings is 2. The van der Waals surface area contributed by atoms with Gasteiger partial charge in [0, 0.05) is 12.1 Å². The molecule has 1 amide bonds. The van der Waals surface area contributed by atoms with Crippen LogP contribution in [0, 0.1) is 0 Å². The summed E-state index contributed by atoms with van der Waals surface area (Å²) in [4.78, 5) is 30.4. The van der Waals surface area contributed by atoms with Gasteiger partial charge in [-0.15, -0.1) is 0 Å². The Kier molecular flexibility index (Phi) is 9.97. The molecule has 1 unspecified atom stereocenters. The first-order chi connectivity index (χ1) is 17.9. The van der Waals surface area contributed by atoms with Crippen molar-refractivity contribution in [3.05, 3.63) is 59.2 Å². The molecule has 3 rings (SSSR count). The topological polar surface area (TPSA) is 88.5 Å². The minimum absolute atomic E-state index is 0.0585. The number of likely N-dealkylation sites (tertiary alicyclic amines) is 1. The second-order valence-electron chi connectivity index (χ2n) is 8.67. The molecule has 1 heterocycles. The van der Waals surface area contributed by atoms with Crippen LogP contribution < -0.4 is 14.2 Å². The van der Waals surface area contributed by atoms with Crippen LogP contribution in [0.25, 0.3) is 5.76 Å². The van der Waals surface area contributed by atoms with E-state index in [0.29, 0.717) is 54.6 Å². The summed E-state index contributed by atoms with van der Waals surface area (Å²) in [6, 6.07) is 11.4. The highest BCUT2D eigenvalue weighted by atomic mass is 16.5. The lowest BCUT2D eigenvalue weighted by Gasteiger charge is -2.27. The van der Waals surface area contributed by atoms with Crippen LogP contribution in [0.15, 0.2) is 48.0 Å². The molecule has 0 aromatic heterocycles. The van der Waals surface area contributed by atoms with E-state index in [2.05, 4.69) is 18.7 Å². The lowest BCUT2D eigenvalue weighted by molar-refractivity contribution is -0.140. The van der Waals surface area contributed by atoms with Gasteiger partial charge in [0.15, 0.2) is 11.5 Å². The van der Waals surface area contributed by atoms with Gasteiger partial charge in [-0.2, -0.15) is 0 Å². The summed E-state index contributed by atoms with van der Waals surface area (Å²) in [5, 5.41) is 11.3. The first-order valence-electron chi connectivity index (χ1n) is 12.9. The number of rotatable bonds is 13. The zero-order valence-corrected chi connectivity index (χ0v) is 22.5. The van der Waals surface area contributed by atoms with Gasteiger partial charge in [-0.05, 0) is 81.9 Å². The van der Waals surface area contributed by atoms with E-state index < -0.39 is 17.7 Å². The number of ketones is 1. The van der Waals surface area contributed by atoms with Gasteiger partial charge >= 0.3 is 0 Å². The van der Waals surface area contributed by atoms with E-state index in [0.717, 1.165) is 19.6 Å². The Labute approximate surface area is 219 Å². The van der Waals surface area contributed by atoms with Gasteiger partial charge in [0.05, 0.1) is 31.9 Å². The molecular weight excluding hydrogens is 472 g/mol. The number of Topliss-reactive ketones (excluding diaryl/α,β-unsaturated/α-hetero) is 1. The van der Waals surface area contributed by atoms with Crippen molar-refractivity contribution in [1.29, 1.82) is 0 Å². The van der Waals surface area contributed by atoms with Crippen LogP contribution in [0.3, 0.4) is 0 Å². The van der Waals surface area contributed by atoms with Gasteiger partial charge in [-0.1, -0.05) is 19.9 Å². The SMILES string of the molecule is CCOc1ccc(/C(O)=C2/C(=O)C(=O)N(CCCN(CC)CC)C2c2ccc(OCC)c(OC)c2)cc1. The summed E-state index contributed by atoms with van der Waals surface area (Å²) in [5.74, 6) is 0.180. The maximum Gasteiger partial charge on any atom is 0.295 e. The van der Waals surface area contributed by atoms with E-state index in [1.807, 2.05) is 19.9 Å². The first-order valence-corrected chi connectivity index (χ1v) is 12.9. The number of aliphatic hydroxyl groups excluding tert-OH is 1.